The molecule has 1 N–H and O–H groups in total. The van der Waals surface area contributed by atoms with Gasteiger partial charge in [-0.15, -0.1) is 0 Å². The van der Waals surface area contributed by atoms with E-state index in [0.717, 1.165) is 16.7 Å². The molecule has 0 bridgehead atoms. The van der Waals surface area contributed by atoms with Gasteiger partial charge >= 0.3 is 22.5 Å². The number of Topliss-reactive ketones (excluding diaryl/α,β-unsaturated/α-hetero) is 1. The molecular weight excluding hydrogens is 871 g/mol. The van der Waals surface area contributed by atoms with Crippen molar-refractivity contribution in [1.82, 2.24) is 0 Å². The predicted octanol–water partition coefficient (Wildman–Crippen LogP) is 8.99. The van der Waals surface area contributed by atoms with Crippen molar-refractivity contribution in [3.8, 4) is 5.75 Å². The Hall–Kier alpha value is -5.11. The average molecular weight is 926 g/mol. The molecule has 5 aromatic carbocycles. The van der Waals surface area contributed by atoms with Gasteiger partial charge in [0.25, 0.3) is 9.05 Å². The first kappa shape index (κ1) is 62.1. The van der Waals surface area contributed by atoms with Crippen LogP contribution in [0.3, 0.4) is 0 Å². The molecule has 58 heavy (non-hydrogen) atoms. The molecule has 5 rings (SSSR count). The van der Waals surface area contributed by atoms with E-state index < -0.39 is 39.5 Å². The van der Waals surface area contributed by atoms with Crippen LogP contribution in [0, 0.1) is 41.5 Å². The fourth-order valence-corrected chi connectivity index (χ4v) is 4.85. The fourth-order valence-electron chi connectivity index (χ4n) is 3.45. The number of aromatic hydroxyl groups is 1. The second-order valence-corrected chi connectivity index (χ2v) is 16.1. The van der Waals surface area contributed by atoms with Crippen LogP contribution in [0.15, 0.2) is 131 Å². The molecule has 0 spiro atoms. The molecule has 0 saturated carbocycles. The Bertz CT molecular complexity index is 1940. The van der Waals surface area contributed by atoms with Gasteiger partial charge in [0, 0.05) is 22.5 Å². The first-order valence-corrected chi connectivity index (χ1v) is 21.5. The first-order chi connectivity index (χ1) is 26.2. The molecule has 0 aromatic heterocycles. The van der Waals surface area contributed by atoms with E-state index in [0.29, 0.717) is 22.5 Å². The van der Waals surface area contributed by atoms with Crippen LogP contribution in [-0.4, -0.2) is 68.7 Å². The predicted molar refractivity (Wildman–Crippen MR) is 234 cm³/mol. The van der Waals surface area contributed by atoms with Crippen LogP contribution in [0.1, 0.15) is 58.6 Å². The second-order valence-electron chi connectivity index (χ2n) is 11.2. The molecule has 0 fully saturated rings. The first-order valence-electron chi connectivity index (χ1n) is 15.9. The van der Waals surface area contributed by atoms with Crippen molar-refractivity contribution in [3.63, 3.8) is 0 Å². The molecule has 5 aromatic rings. The van der Waals surface area contributed by atoms with E-state index in [1.54, 1.807) is 72.8 Å². The minimum absolute atomic E-state index is 0. The number of phenols is 1. The van der Waals surface area contributed by atoms with Gasteiger partial charge in [0.05, 0.1) is 9.79 Å². The van der Waals surface area contributed by atoms with Gasteiger partial charge in [0.15, 0.2) is 16.1 Å². The Morgan fingerprint density at radius 2 is 0.759 bits per heavy atom. The van der Waals surface area contributed by atoms with Gasteiger partial charge in [-0.3, -0.25) is 9.59 Å². The number of benzene rings is 5. The topological polar surface area (TPSA) is 191 Å². The zero-order chi connectivity index (χ0) is 43.9. The van der Waals surface area contributed by atoms with Crippen molar-refractivity contribution < 1.29 is 48.8 Å². The Labute approximate surface area is 355 Å². The van der Waals surface area contributed by atoms with Crippen LogP contribution < -0.4 is 0 Å². The summed E-state index contributed by atoms with van der Waals surface area (Å²) in [4.78, 5) is 37.3. The number of carbonyl (C=O) groups is 4. The molecule has 0 aliphatic heterocycles. The zero-order valence-electron chi connectivity index (χ0n) is 32.2. The third-order valence-corrected chi connectivity index (χ3v) is 8.95. The molecule has 0 unspecified atom stereocenters. The summed E-state index contributed by atoms with van der Waals surface area (Å²) in [5, 5.41) is 8.76. The summed E-state index contributed by atoms with van der Waals surface area (Å²) in [6.45, 7) is 15.9. The van der Waals surface area contributed by atoms with Crippen LogP contribution in [-0.2, 0) is 40.9 Å². The van der Waals surface area contributed by atoms with Gasteiger partial charge in [-0.25, -0.2) is 16.8 Å². The number of phenolic OH excluding ortho intramolecular Hbond substituents is 1. The second kappa shape index (κ2) is 35.1. The Balaban J connectivity index is -0.000000193. The normalized spacial score (nSPS) is 8.97. The molecule has 15 heteroatoms. The van der Waals surface area contributed by atoms with E-state index in [9.17, 15) is 26.4 Å². The number of carbonyl (C=O) groups excluding carboxylic acids is 4. The van der Waals surface area contributed by atoms with Gasteiger partial charge in [-0.05, 0) is 77.9 Å². The monoisotopic (exact) mass is 926 g/mol. The number of sulfone groups is 1. The van der Waals surface area contributed by atoms with Gasteiger partial charge in [-0.2, -0.15) is 0 Å². The summed E-state index contributed by atoms with van der Waals surface area (Å²) in [5.74, 6) is -0.138. The van der Waals surface area contributed by atoms with Crippen molar-refractivity contribution >= 4 is 70.0 Å². The van der Waals surface area contributed by atoms with E-state index in [1.165, 1.54) is 35.1 Å². The summed E-state index contributed by atoms with van der Waals surface area (Å²) >= 11 is -1.62. The molecule has 0 saturated heterocycles. The molecule has 0 aliphatic rings. The number of aldehydes is 1. The quantitative estimate of drug-likeness (QED) is 0.0595. The summed E-state index contributed by atoms with van der Waals surface area (Å²) < 4.78 is 60.2. The van der Waals surface area contributed by atoms with E-state index in [1.807, 2.05) is 53.4 Å². The van der Waals surface area contributed by atoms with Gasteiger partial charge in [-0.1, -0.05) is 133 Å². The SMILES string of the molecule is C.C.C=O.C=O.Cc1ccc(C(=O)C=O)cc1.Cc1ccc(C)cc1.Cc1ccc(O)cc1.Cc1ccc(S(=O)(=O)Cl)cc1.Cc1ccc(S(C)(=O)=O)cc1.O=[Se]=O. The molecule has 0 atom stereocenters. The van der Waals surface area contributed by atoms with Crippen LogP contribution in [0.4, 0.5) is 0 Å². The minimum atomic E-state index is -3.55. The standard InChI is InChI=1S/C9H8O2.C8H10O2S.C8H10.C7H7ClO2S.C7H8O.2CH2O.2CH4.O2Se/c1-7-2-4-8(5-3-7)9(11)6-10;1-7-3-5-8(6-4-7)11(2,9)10;1-7-3-5-8(2)6-4-7;1-6-2-4-7(5-3-6)11(8,9)10;1-6-2-4-7(8)5-3-6;2*1-2;;;1-3-2/h2-6H,1H3;3-6H,1-2H3;3-6H,1-2H3;2-5H,1H3;2-5,8H,1H3;2*1H2;2*1H4;. The van der Waals surface area contributed by atoms with Crippen LogP contribution in [0.2, 0.25) is 0 Å². The molecule has 0 amide bonds. The molecule has 0 radical (unpaired) electrons. The summed E-state index contributed by atoms with van der Waals surface area (Å²) in [6, 6.07) is 35.7. The Kier molecular flexibility index (Phi) is 37.6. The average Bonchev–Trinajstić information content (AvgIpc) is 3.17. The number of hydrogen-bond acceptors (Lipinski definition) is 11. The Morgan fingerprint density at radius 3 is 0.983 bits per heavy atom. The number of rotatable bonds is 4. The van der Waals surface area contributed by atoms with Gasteiger partial charge in [0.2, 0.25) is 5.78 Å². The van der Waals surface area contributed by atoms with Crippen molar-refractivity contribution in [2.45, 2.75) is 66.2 Å². The van der Waals surface area contributed by atoms with E-state index in [2.05, 4.69) is 38.1 Å². The molecular formula is C43H55ClO11S2Se. The number of aryl methyl sites for hydroxylation is 6. The summed E-state index contributed by atoms with van der Waals surface area (Å²) in [5.41, 5.74) is 7.43. The molecule has 11 nitrogen and oxygen atoms in total. The summed E-state index contributed by atoms with van der Waals surface area (Å²) in [6.07, 6.45) is 1.53. The van der Waals surface area contributed by atoms with E-state index in [4.69, 9.17) is 33.0 Å². The van der Waals surface area contributed by atoms with Crippen LogP contribution in [0.5, 0.6) is 5.75 Å². The Morgan fingerprint density at radius 1 is 0.534 bits per heavy atom. The van der Waals surface area contributed by atoms with Crippen molar-refractivity contribution in [2.75, 3.05) is 6.26 Å². The number of hydrogen-bond donors (Lipinski definition) is 1. The zero-order valence-corrected chi connectivity index (χ0v) is 36.3. The van der Waals surface area contributed by atoms with E-state index >= 15 is 0 Å². The van der Waals surface area contributed by atoms with Crippen molar-refractivity contribution in [1.29, 1.82) is 0 Å². The van der Waals surface area contributed by atoms with Crippen LogP contribution in [0.25, 0.3) is 0 Å². The van der Waals surface area contributed by atoms with Crippen LogP contribution >= 0.6 is 10.7 Å². The third kappa shape index (κ3) is 32.0. The molecule has 318 valence electrons. The van der Waals surface area contributed by atoms with Gasteiger partial charge < -0.3 is 14.7 Å². The summed E-state index contributed by atoms with van der Waals surface area (Å²) in [7, 11) is -1.48. The maximum atomic E-state index is 10.9. The van der Waals surface area contributed by atoms with Crippen molar-refractivity contribution in [3.05, 3.63) is 160 Å². The van der Waals surface area contributed by atoms with Crippen molar-refractivity contribution in [2.24, 2.45) is 0 Å². The van der Waals surface area contributed by atoms with E-state index in [-0.39, 0.29) is 19.7 Å². The molecule has 0 aliphatic carbocycles. The fraction of sp³-hybridized carbons (Fsp3) is 0.209. The molecule has 0 heterocycles. The number of halogens is 1. The maximum absolute atomic E-state index is 10.9. The number of ketones is 1. The third-order valence-electron chi connectivity index (χ3n) is 6.45. The van der Waals surface area contributed by atoms with Gasteiger partial charge in [0.1, 0.15) is 19.3 Å².